The van der Waals surface area contributed by atoms with Gasteiger partial charge in [-0.15, -0.1) is 0 Å². The van der Waals surface area contributed by atoms with Crippen molar-refractivity contribution in [2.24, 2.45) is 0 Å². The Morgan fingerprint density at radius 2 is 2.00 bits per heavy atom. The van der Waals surface area contributed by atoms with Gasteiger partial charge in [0.05, 0.1) is 10.6 Å². The Labute approximate surface area is 110 Å². The van der Waals surface area contributed by atoms with Crippen LogP contribution < -0.4 is 10.5 Å². The first-order valence-corrected chi connectivity index (χ1v) is 6.87. The average molecular weight is 281 g/mol. The number of aryl methyl sites for hydroxylation is 1. The second-order valence-corrected chi connectivity index (χ2v) is 5.69. The van der Waals surface area contributed by atoms with E-state index < -0.39 is 15.8 Å². The van der Waals surface area contributed by atoms with Crippen molar-refractivity contribution in [3.63, 3.8) is 0 Å². The van der Waals surface area contributed by atoms with E-state index in [1.54, 1.807) is 13.0 Å². The van der Waals surface area contributed by atoms with Crippen LogP contribution in [0.4, 0.5) is 15.9 Å². The summed E-state index contributed by atoms with van der Waals surface area (Å²) in [4.78, 5) is 3.63. The molecule has 2 aromatic rings. The molecule has 5 nitrogen and oxygen atoms in total. The molecule has 1 heterocycles. The fraction of sp³-hybridized carbons (Fsp3) is 0.0833. The van der Waals surface area contributed by atoms with Crippen molar-refractivity contribution in [1.82, 2.24) is 4.98 Å². The lowest BCUT2D eigenvalue weighted by Gasteiger charge is -2.09. The third kappa shape index (κ3) is 3.00. The molecule has 1 aromatic heterocycles. The van der Waals surface area contributed by atoms with E-state index >= 15 is 0 Å². The molecule has 0 aliphatic heterocycles. The van der Waals surface area contributed by atoms with Crippen molar-refractivity contribution in [2.45, 2.75) is 11.8 Å². The monoisotopic (exact) mass is 281 g/mol. The molecule has 19 heavy (non-hydrogen) atoms. The molecule has 3 N–H and O–H groups in total. The maximum atomic E-state index is 13.5. The molecule has 7 heteroatoms. The molecule has 1 aromatic carbocycles. The number of aromatic nitrogens is 1. The van der Waals surface area contributed by atoms with Crippen molar-refractivity contribution in [2.75, 3.05) is 10.5 Å². The number of sulfonamides is 1. The van der Waals surface area contributed by atoms with Gasteiger partial charge in [-0.2, -0.15) is 0 Å². The molecule has 0 atom stereocenters. The zero-order valence-electron chi connectivity index (χ0n) is 10.1. The van der Waals surface area contributed by atoms with Gasteiger partial charge in [-0.1, -0.05) is 6.07 Å². The number of anilines is 2. The van der Waals surface area contributed by atoms with E-state index in [0.29, 0.717) is 0 Å². The van der Waals surface area contributed by atoms with Gasteiger partial charge < -0.3 is 5.73 Å². The Kier molecular flexibility index (Phi) is 3.39. The Morgan fingerprint density at radius 3 is 2.68 bits per heavy atom. The molecule has 0 saturated heterocycles. The van der Waals surface area contributed by atoms with E-state index in [9.17, 15) is 12.8 Å². The maximum Gasteiger partial charge on any atom is 0.262 e. The van der Waals surface area contributed by atoms with Crippen LogP contribution in [0, 0.1) is 12.7 Å². The Bertz CT molecular complexity index is 717. The number of nitrogens with zero attached hydrogens (tertiary/aromatic N) is 1. The van der Waals surface area contributed by atoms with Crippen LogP contribution in [0.15, 0.2) is 41.4 Å². The van der Waals surface area contributed by atoms with Gasteiger partial charge in [-0.3, -0.25) is 4.72 Å². The number of hydrogen-bond donors (Lipinski definition) is 2. The van der Waals surface area contributed by atoms with Gasteiger partial charge >= 0.3 is 0 Å². The zero-order chi connectivity index (χ0) is 14.0. The highest BCUT2D eigenvalue weighted by Crippen LogP contribution is 2.20. The highest BCUT2D eigenvalue weighted by molar-refractivity contribution is 7.92. The van der Waals surface area contributed by atoms with E-state index in [1.807, 2.05) is 0 Å². The van der Waals surface area contributed by atoms with Crippen molar-refractivity contribution in [1.29, 1.82) is 0 Å². The largest absolute Gasteiger partial charge is 0.384 e. The summed E-state index contributed by atoms with van der Waals surface area (Å²) >= 11 is 0. The SMILES string of the molecule is Cc1ccc(F)c(NS(=O)(=O)c2ccnc(N)c2)c1. The van der Waals surface area contributed by atoms with Gasteiger partial charge in [0.1, 0.15) is 11.6 Å². The van der Waals surface area contributed by atoms with Crippen molar-refractivity contribution < 1.29 is 12.8 Å². The standard InChI is InChI=1S/C12H12FN3O2S/c1-8-2-3-10(13)11(6-8)16-19(17,18)9-4-5-15-12(14)7-9/h2-7,16H,1H3,(H2,14,15). The van der Waals surface area contributed by atoms with Gasteiger partial charge in [0.15, 0.2) is 0 Å². The Morgan fingerprint density at radius 1 is 1.26 bits per heavy atom. The lowest BCUT2D eigenvalue weighted by Crippen LogP contribution is -2.14. The topological polar surface area (TPSA) is 85.1 Å². The molecular weight excluding hydrogens is 269 g/mol. The quantitative estimate of drug-likeness (QED) is 0.900. The molecule has 0 aliphatic rings. The molecule has 2 rings (SSSR count). The van der Waals surface area contributed by atoms with E-state index in [0.717, 1.165) is 5.56 Å². The molecule has 100 valence electrons. The Balaban J connectivity index is 2.39. The van der Waals surface area contributed by atoms with Crippen LogP contribution in [-0.4, -0.2) is 13.4 Å². The van der Waals surface area contributed by atoms with E-state index in [1.165, 1.54) is 30.5 Å². The van der Waals surface area contributed by atoms with Crippen LogP contribution in [0.25, 0.3) is 0 Å². The third-order valence-corrected chi connectivity index (χ3v) is 3.79. The number of rotatable bonds is 3. The smallest absolute Gasteiger partial charge is 0.262 e. The number of nitrogens with one attached hydrogen (secondary N) is 1. The number of nitrogen functional groups attached to an aromatic ring is 1. The summed E-state index contributed by atoms with van der Waals surface area (Å²) in [5, 5.41) is 0. The average Bonchev–Trinajstić information content (AvgIpc) is 2.33. The first-order chi connectivity index (χ1) is 8.88. The van der Waals surface area contributed by atoms with Crippen LogP contribution in [-0.2, 0) is 10.0 Å². The van der Waals surface area contributed by atoms with Crippen LogP contribution in [0.3, 0.4) is 0 Å². The molecular formula is C12H12FN3O2S. The summed E-state index contributed by atoms with van der Waals surface area (Å²) in [6, 6.07) is 6.66. The van der Waals surface area contributed by atoms with Crippen molar-refractivity contribution in [3.05, 3.63) is 47.9 Å². The van der Waals surface area contributed by atoms with Crippen LogP contribution >= 0.6 is 0 Å². The van der Waals surface area contributed by atoms with Gasteiger partial charge in [0.2, 0.25) is 0 Å². The summed E-state index contributed by atoms with van der Waals surface area (Å²) in [5.74, 6) is -0.566. The van der Waals surface area contributed by atoms with Crippen molar-refractivity contribution >= 4 is 21.5 Å². The zero-order valence-corrected chi connectivity index (χ0v) is 10.9. The van der Waals surface area contributed by atoms with Gasteiger partial charge in [-0.05, 0) is 30.7 Å². The van der Waals surface area contributed by atoms with Gasteiger partial charge in [0.25, 0.3) is 10.0 Å². The lowest BCUT2D eigenvalue weighted by molar-refractivity contribution is 0.598. The van der Waals surface area contributed by atoms with E-state index in [2.05, 4.69) is 9.71 Å². The van der Waals surface area contributed by atoms with Crippen LogP contribution in [0.5, 0.6) is 0 Å². The summed E-state index contributed by atoms with van der Waals surface area (Å²) in [6.07, 6.45) is 1.27. The molecule has 0 radical (unpaired) electrons. The van der Waals surface area contributed by atoms with Crippen LogP contribution in [0.1, 0.15) is 5.56 Å². The molecule has 0 saturated carbocycles. The number of nitrogens with two attached hydrogens (primary N) is 1. The van der Waals surface area contributed by atoms with Crippen molar-refractivity contribution in [3.8, 4) is 0 Å². The molecule has 0 aliphatic carbocycles. The molecule has 0 spiro atoms. The van der Waals surface area contributed by atoms with E-state index in [-0.39, 0.29) is 16.4 Å². The summed E-state index contributed by atoms with van der Waals surface area (Å²) in [7, 11) is -3.89. The molecule has 0 fully saturated rings. The molecule has 0 unspecified atom stereocenters. The first-order valence-electron chi connectivity index (χ1n) is 5.39. The Hall–Kier alpha value is -2.15. The van der Waals surface area contributed by atoms with Gasteiger partial charge in [0, 0.05) is 12.3 Å². The molecule has 0 amide bonds. The number of halogens is 1. The predicted molar refractivity (Wildman–Crippen MR) is 70.6 cm³/mol. The van der Waals surface area contributed by atoms with E-state index in [4.69, 9.17) is 5.73 Å². The predicted octanol–water partition coefficient (Wildman–Crippen LogP) is 1.91. The number of pyridine rings is 1. The minimum atomic E-state index is -3.89. The van der Waals surface area contributed by atoms with Gasteiger partial charge in [-0.25, -0.2) is 17.8 Å². The lowest BCUT2D eigenvalue weighted by atomic mass is 10.2. The summed E-state index contributed by atoms with van der Waals surface area (Å²) in [6.45, 7) is 1.74. The number of hydrogen-bond acceptors (Lipinski definition) is 4. The molecule has 0 bridgehead atoms. The fourth-order valence-electron chi connectivity index (χ4n) is 1.52. The first kappa shape index (κ1) is 13.3. The fourth-order valence-corrected chi connectivity index (χ4v) is 2.60. The normalized spacial score (nSPS) is 11.3. The minimum Gasteiger partial charge on any atom is -0.384 e. The highest BCUT2D eigenvalue weighted by atomic mass is 32.2. The highest BCUT2D eigenvalue weighted by Gasteiger charge is 2.16. The van der Waals surface area contributed by atoms with Crippen LogP contribution in [0.2, 0.25) is 0 Å². The summed E-state index contributed by atoms with van der Waals surface area (Å²) in [5.41, 5.74) is 6.07. The second kappa shape index (κ2) is 4.85. The third-order valence-electron chi connectivity index (χ3n) is 2.43. The maximum absolute atomic E-state index is 13.5. The minimum absolute atomic E-state index is 0.0686. The number of benzene rings is 1. The second-order valence-electron chi connectivity index (χ2n) is 4.01. The summed E-state index contributed by atoms with van der Waals surface area (Å²) < 4.78 is 39.8.